The summed E-state index contributed by atoms with van der Waals surface area (Å²) in [5.41, 5.74) is 0.565. The highest BCUT2D eigenvalue weighted by Gasteiger charge is 2.36. The second-order valence-corrected chi connectivity index (χ2v) is 9.93. The van der Waals surface area contributed by atoms with Crippen LogP contribution in [0.4, 0.5) is 5.69 Å². The van der Waals surface area contributed by atoms with E-state index in [2.05, 4.69) is 4.72 Å². The normalized spacial score (nSPS) is 17.7. The van der Waals surface area contributed by atoms with Crippen LogP contribution >= 0.6 is 0 Å². The summed E-state index contributed by atoms with van der Waals surface area (Å²) in [5, 5.41) is 0. The zero-order chi connectivity index (χ0) is 18.1. The Balaban J connectivity index is 2.29. The van der Waals surface area contributed by atoms with Crippen LogP contribution in [0.2, 0.25) is 0 Å². The van der Waals surface area contributed by atoms with E-state index < -0.39 is 26.0 Å². The highest BCUT2D eigenvalue weighted by molar-refractivity contribution is 7.94. The summed E-state index contributed by atoms with van der Waals surface area (Å²) >= 11 is 0. The van der Waals surface area contributed by atoms with Crippen LogP contribution < -0.4 is 9.03 Å². The fourth-order valence-electron chi connectivity index (χ4n) is 2.49. The van der Waals surface area contributed by atoms with E-state index in [1.165, 1.54) is 18.2 Å². The monoisotopic (exact) mass is 374 g/mol. The summed E-state index contributed by atoms with van der Waals surface area (Å²) in [6, 6.07) is 4.10. The first-order valence-corrected chi connectivity index (χ1v) is 10.8. The lowest BCUT2D eigenvalue weighted by Crippen LogP contribution is -2.30. The molecule has 0 unspecified atom stereocenters. The van der Waals surface area contributed by atoms with Crippen molar-refractivity contribution in [1.82, 2.24) is 4.72 Å². The Kier molecular flexibility index (Phi) is 5.36. The van der Waals surface area contributed by atoms with Gasteiger partial charge in [0.25, 0.3) is 0 Å². The van der Waals surface area contributed by atoms with Crippen molar-refractivity contribution in [2.45, 2.75) is 38.5 Å². The molecule has 1 amide bonds. The third kappa shape index (κ3) is 3.96. The van der Waals surface area contributed by atoms with Gasteiger partial charge in [0.1, 0.15) is 0 Å². The van der Waals surface area contributed by atoms with Gasteiger partial charge in [0.15, 0.2) is 0 Å². The van der Waals surface area contributed by atoms with Crippen LogP contribution in [0.1, 0.15) is 32.3 Å². The standard InChI is InChI=1S/C15H22N2O5S2/c1-11(2)6-8-16-24(21,22)14-5-4-13(10-12(14)3)17-15(18)7-9-23(17,19)20/h4-5,10-11,16H,6-9H2,1-3H3. The maximum atomic E-state index is 12.3. The van der Waals surface area contributed by atoms with Crippen LogP contribution in [0.5, 0.6) is 0 Å². The average Bonchev–Trinajstić information content (AvgIpc) is 2.71. The molecule has 2 rings (SSSR count). The van der Waals surface area contributed by atoms with E-state index in [1.807, 2.05) is 13.8 Å². The summed E-state index contributed by atoms with van der Waals surface area (Å²) in [6.07, 6.45) is 0.662. The van der Waals surface area contributed by atoms with E-state index in [-0.39, 0.29) is 22.8 Å². The summed E-state index contributed by atoms with van der Waals surface area (Å²) < 4.78 is 51.9. The maximum Gasteiger partial charge on any atom is 0.242 e. The van der Waals surface area contributed by atoms with Crippen molar-refractivity contribution < 1.29 is 21.6 Å². The number of amides is 1. The quantitative estimate of drug-likeness (QED) is 0.811. The Labute approximate surface area is 143 Å². The van der Waals surface area contributed by atoms with Gasteiger partial charge >= 0.3 is 0 Å². The molecule has 0 spiro atoms. The van der Waals surface area contributed by atoms with E-state index >= 15 is 0 Å². The summed E-state index contributed by atoms with van der Waals surface area (Å²) in [6.45, 7) is 5.91. The second-order valence-electron chi connectivity index (χ2n) is 6.25. The van der Waals surface area contributed by atoms with Crippen LogP contribution in [-0.4, -0.2) is 35.0 Å². The molecule has 7 nitrogen and oxygen atoms in total. The highest BCUT2D eigenvalue weighted by Crippen LogP contribution is 2.28. The molecule has 1 aromatic rings. The molecule has 1 aliphatic heterocycles. The highest BCUT2D eigenvalue weighted by atomic mass is 32.2. The summed E-state index contributed by atoms with van der Waals surface area (Å²) in [5.74, 6) is -0.343. The maximum absolute atomic E-state index is 12.3. The molecule has 1 aromatic carbocycles. The zero-order valence-corrected chi connectivity index (χ0v) is 15.6. The molecule has 1 fully saturated rings. The lowest BCUT2D eigenvalue weighted by molar-refractivity contribution is -0.116. The minimum atomic E-state index is -3.67. The fraction of sp³-hybridized carbons (Fsp3) is 0.533. The number of aryl methyl sites for hydroxylation is 1. The Morgan fingerprint density at radius 2 is 1.96 bits per heavy atom. The fourth-order valence-corrected chi connectivity index (χ4v) is 5.21. The van der Waals surface area contributed by atoms with Crippen LogP contribution in [0.15, 0.2) is 23.1 Å². The summed E-state index contributed by atoms with van der Waals surface area (Å²) in [4.78, 5) is 11.9. The lowest BCUT2D eigenvalue weighted by atomic mass is 10.1. The van der Waals surface area contributed by atoms with Crippen LogP contribution in [0, 0.1) is 12.8 Å². The van der Waals surface area contributed by atoms with E-state index in [0.29, 0.717) is 18.0 Å². The van der Waals surface area contributed by atoms with Crippen molar-refractivity contribution in [2.24, 2.45) is 5.92 Å². The van der Waals surface area contributed by atoms with E-state index in [1.54, 1.807) is 6.92 Å². The van der Waals surface area contributed by atoms with Gasteiger partial charge in [0, 0.05) is 13.0 Å². The number of carbonyl (C=O) groups excluding carboxylic acids is 1. The number of rotatable bonds is 6. The number of hydrogen-bond acceptors (Lipinski definition) is 5. The Morgan fingerprint density at radius 3 is 2.46 bits per heavy atom. The molecule has 0 aliphatic carbocycles. The van der Waals surface area contributed by atoms with Gasteiger partial charge in [-0.15, -0.1) is 0 Å². The Morgan fingerprint density at radius 1 is 1.29 bits per heavy atom. The molecule has 0 aromatic heterocycles. The largest absolute Gasteiger partial charge is 0.273 e. The van der Waals surface area contributed by atoms with Crippen molar-refractivity contribution in [1.29, 1.82) is 0 Å². The van der Waals surface area contributed by atoms with E-state index in [4.69, 9.17) is 0 Å². The number of sulfonamides is 2. The second kappa shape index (κ2) is 6.81. The van der Waals surface area contributed by atoms with Crippen molar-refractivity contribution in [3.05, 3.63) is 23.8 Å². The van der Waals surface area contributed by atoms with Gasteiger partial charge in [-0.25, -0.2) is 25.9 Å². The van der Waals surface area contributed by atoms with Gasteiger partial charge in [0.05, 0.1) is 16.3 Å². The average molecular weight is 374 g/mol. The number of hydrogen-bond donors (Lipinski definition) is 1. The van der Waals surface area contributed by atoms with Gasteiger partial charge in [-0.3, -0.25) is 4.79 Å². The zero-order valence-electron chi connectivity index (χ0n) is 13.9. The number of carbonyl (C=O) groups is 1. The minimum Gasteiger partial charge on any atom is -0.273 e. The van der Waals surface area contributed by atoms with Crippen LogP contribution in [-0.2, 0) is 24.8 Å². The third-order valence-electron chi connectivity index (χ3n) is 3.77. The van der Waals surface area contributed by atoms with Crippen molar-refractivity contribution in [3.8, 4) is 0 Å². The first kappa shape index (κ1) is 18.9. The predicted molar refractivity (Wildman–Crippen MR) is 91.7 cm³/mol. The van der Waals surface area contributed by atoms with Crippen molar-refractivity contribution in [2.75, 3.05) is 16.6 Å². The minimum absolute atomic E-state index is 0.0574. The van der Waals surface area contributed by atoms with Gasteiger partial charge in [-0.1, -0.05) is 13.8 Å². The molecule has 1 N–H and O–H groups in total. The molecular weight excluding hydrogens is 352 g/mol. The van der Waals surface area contributed by atoms with E-state index in [9.17, 15) is 21.6 Å². The SMILES string of the molecule is Cc1cc(N2C(=O)CCS2(=O)=O)ccc1S(=O)(=O)NCCC(C)C. The topological polar surface area (TPSA) is 101 Å². The molecular formula is C15H22N2O5S2. The van der Waals surface area contributed by atoms with E-state index in [0.717, 1.165) is 10.7 Å². The molecule has 24 heavy (non-hydrogen) atoms. The number of nitrogens with one attached hydrogen (secondary N) is 1. The molecule has 1 saturated heterocycles. The molecule has 1 aliphatic rings. The van der Waals surface area contributed by atoms with Crippen molar-refractivity contribution >= 4 is 31.6 Å². The molecule has 9 heteroatoms. The first-order valence-electron chi connectivity index (χ1n) is 7.71. The Hall–Kier alpha value is -1.45. The lowest BCUT2D eigenvalue weighted by Gasteiger charge is -2.17. The van der Waals surface area contributed by atoms with Gasteiger partial charge in [0.2, 0.25) is 26.0 Å². The summed E-state index contributed by atoms with van der Waals surface area (Å²) in [7, 11) is -7.33. The number of benzene rings is 1. The molecule has 0 atom stereocenters. The number of anilines is 1. The Bertz CT molecular complexity index is 845. The molecule has 0 radical (unpaired) electrons. The predicted octanol–water partition coefficient (Wildman–Crippen LogP) is 1.39. The molecule has 1 heterocycles. The smallest absolute Gasteiger partial charge is 0.242 e. The van der Waals surface area contributed by atoms with Gasteiger partial charge < -0.3 is 0 Å². The van der Waals surface area contributed by atoms with Crippen LogP contribution in [0.25, 0.3) is 0 Å². The van der Waals surface area contributed by atoms with Gasteiger partial charge in [-0.2, -0.15) is 0 Å². The van der Waals surface area contributed by atoms with Crippen molar-refractivity contribution in [3.63, 3.8) is 0 Å². The third-order valence-corrected chi connectivity index (χ3v) is 7.09. The first-order chi connectivity index (χ1) is 11.0. The molecule has 0 saturated carbocycles. The van der Waals surface area contributed by atoms with Crippen LogP contribution in [0.3, 0.4) is 0 Å². The van der Waals surface area contributed by atoms with Gasteiger partial charge in [-0.05, 0) is 43.0 Å². The number of nitrogens with zero attached hydrogens (tertiary/aromatic N) is 1. The molecule has 0 bridgehead atoms. The molecule has 134 valence electrons.